The topological polar surface area (TPSA) is 20.2 Å². The summed E-state index contributed by atoms with van der Waals surface area (Å²) in [6, 6.07) is 6.19. The van der Waals surface area contributed by atoms with E-state index in [-0.39, 0.29) is 6.42 Å². The van der Waals surface area contributed by atoms with Gasteiger partial charge in [-0.1, -0.05) is 29.3 Å². The molecule has 1 aromatic carbocycles. The zero-order valence-electron chi connectivity index (χ0n) is 8.96. The number of halogens is 4. The van der Waals surface area contributed by atoms with E-state index >= 15 is 0 Å². The summed E-state index contributed by atoms with van der Waals surface area (Å²) in [5, 5.41) is 10.4. The summed E-state index contributed by atoms with van der Waals surface area (Å²) in [6.45, 7) is 0. The summed E-state index contributed by atoms with van der Waals surface area (Å²) in [6.07, 6.45) is -0.706. The fourth-order valence-corrected chi connectivity index (χ4v) is 3.51. The first kappa shape index (κ1) is 14.3. The van der Waals surface area contributed by atoms with Crippen LogP contribution in [0, 0.1) is 5.82 Å². The van der Waals surface area contributed by atoms with Crippen molar-refractivity contribution in [2.45, 2.75) is 12.5 Å². The molecule has 2 rings (SSSR count). The van der Waals surface area contributed by atoms with Crippen molar-refractivity contribution in [2.24, 2.45) is 0 Å². The van der Waals surface area contributed by atoms with E-state index in [9.17, 15) is 9.50 Å². The third-order valence-electron chi connectivity index (χ3n) is 2.45. The highest BCUT2D eigenvalue weighted by molar-refractivity contribution is 9.10. The van der Waals surface area contributed by atoms with Crippen molar-refractivity contribution in [1.82, 2.24) is 0 Å². The summed E-state index contributed by atoms with van der Waals surface area (Å²) in [5.41, 5.74) is 0.312. The fourth-order valence-electron chi connectivity index (χ4n) is 1.55. The number of aliphatic hydroxyl groups excluding tert-OH is 1. The van der Waals surface area contributed by atoms with Gasteiger partial charge in [-0.3, -0.25) is 0 Å². The summed E-state index contributed by atoms with van der Waals surface area (Å²) in [5.74, 6) is -0.414. The molecule has 1 unspecified atom stereocenters. The van der Waals surface area contributed by atoms with Crippen molar-refractivity contribution in [3.8, 4) is 0 Å². The van der Waals surface area contributed by atoms with Crippen molar-refractivity contribution in [2.75, 3.05) is 0 Å². The molecule has 0 aliphatic heterocycles. The largest absolute Gasteiger partial charge is 0.387 e. The molecule has 0 saturated carbocycles. The van der Waals surface area contributed by atoms with Crippen LogP contribution in [0.5, 0.6) is 0 Å². The Balaban J connectivity index is 2.23. The molecule has 0 radical (unpaired) electrons. The number of hydrogen-bond donors (Lipinski definition) is 1. The molecule has 1 N–H and O–H groups in total. The minimum atomic E-state index is -0.826. The predicted octanol–water partition coefficient (Wildman–Crippen LogP) is 5.23. The van der Waals surface area contributed by atoms with Gasteiger partial charge in [0.05, 0.1) is 6.10 Å². The SMILES string of the molecule is OC(Cc1c(F)cccc1Cl)c1cc(Br)c(Cl)s1. The molecule has 0 spiro atoms. The lowest BCUT2D eigenvalue weighted by Gasteiger charge is -2.10. The molecule has 0 aliphatic carbocycles. The van der Waals surface area contributed by atoms with E-state index in [0.717, 1.165) is 4.47 Å². The minimum absolute atomic E-state index is 0.120. The average molecular weight is 370 g/mol. The fraction of sp³-hybridized carbons (Fsp3) is 0.167. The summed E-state index contributed by atoms with van der Waals surface area (Å²) < 4.78 is 14.9. The molecule has 6 heteroatoms. The van der Waals surface area contributed by atoms with Crippen LogP contribution < -0.4 is 0 Å². The average Bonchev–Trinajstić information content (AvgIpc) is 2.64. The molecular weight excluding hydrogens is 362 g/mol. The highest BCUT2D eigenvalue weighted by atomic mass is 79.9. The monoisotopic (exact) mass is 368 g/mol. The van der Waals surface area contributed by atoms with Crippen molar-refractivity contribution >= 4 is 50.5 Å². The highest BCUT2D eigenvalue weighted by Gasteiger charge is 2.17. The zero-order valence-corrected chi connectivity index (χ0v) is 12.9. The van der Waals surface area contributed by atoms with Crippen molar-refractivity contribution < 1.29 is 9.50 Å². The van der Waals surface area contributed by atoms with Gasteiger partial charge in [0, 0.05) is 26.4 Å². The summed E-state index contributed by atoms with van der Waals surface area (Å²) >= 11 is 16.3. The Hall–Kier alpha value is -0.130. The molecular formula is C12H8BrCl2FOS. The lowest BCUT2D eigenvalue weighted by Crippen LogP contribution is -2.02. The number of rotatable bonds is 3. The van der Waals surface area contributed by atoms with Gasteiger partial charge in [0.2, 0.25) is 0 Å². The molecule has 2 aromatic rings. The molecule has 0 aliphatic rings. The molecule has 0 bridgehead atoms. The second-order valence-corrected chi connectivity index (χ2v) is 6.64. The summed E-state index contributed by atoms with van der Waals surface area (Å²) in [7, 11) is 0. The Bertz CT molecular complexity index is 533. The molecule has 18 heavy (non-hydrogen) atoms. The van der Waals surface area contributed by atoms with Gasteiger partial charge in [0.1, 0.15) is 10.2 Å². The molecule has 1 nitrogen and oxygen atoms in total. The quantitative estimate of drug-likeness (QED) is 0.784. The maximum absolute atomic E-state index is 13.6. The molecule has 1 heterocycles. The van der Waals surface area contributed by atoms with E-state index in [1.54, 1.807) is 12.1 Å². The van der Waals surface area contributed by atoms with Gasteiger partial charge in [-0.15, -0.1) is 11.3 Å². The van der Waals surface area contributed by atoms with Crippen molar-refractivity contribution in [3.05, 3.63) is 54.4 Å². The first-order valence-corrected chi connectivity index (χ1v) is 7.41. The second-order valence-electron chi connectivity index (χ2n) is 3.69. The lowest BCUT2D eigenvalue weighted by molar-refractivity contribution is 0.181. The maximum atomic E-state index is 13.6. The lowest BCUT2D eigenvalue weighted by atomic mass is 10.1. The normalized spacial score (nSPS) is 12.7. The van der Waals surface area contributed by atoms with Crippen LogP contribution in [-0.2, 0) is 6.42 Å². The van der Waals surface area contributed by atoms with Gasteiger partial charge in [-0.2, -0.15) is 0 Å². The van der Waals surface area contributed by atoms with Crippen molar-refractivity contribution in [1.29, 1.82) is 0 Å². The Morgan fingerprint density at radius 3 is 2.67 bits per heavy atom. The molecule has 1 atom stereocenters. The molecule has 0 amide bonds. The zero-order chi connectivity index (χ0) is 13.3. The van der Waals surface area contributed by atoms with Crippen LogP contribution >= 0.6 is 50.5 Å². The molecule has 0 saturated heterocycles. The van der Waals surface area contributed by atoms with Gasteiger partial charge in [0.25, 0.3) is 0 Å². The molecule has 96 valence electrons. The predicted molar refractivity (Wildman–Crippen MR) is 77.1 cm³/mol. The number of hydrogen-bond acceptors (Lipinski definition) is 2. The van der Waals surface area contributed by atoms with Gasteiger partial charge in [-0.25, -0.2) is 4.39 Å². The molecule has 1 aromatic heterocycles. The van der Waals surface area contributed by atoms with E-state index in [1.807, 2.05) is 0 Å². The van der Waals surface area contributed by atoms with E-state index in [2.05, 4.69) is 15.9 Å². The molecule has 0 fully saturated rings. The summed E-state index contributed by atoms with van der Waals surface area (Å²) in [4.78, 5) is 0.672. The van der Waals surface area contributed by atoms with E-state index < -0.39 is 11.9 Å². The van der Waals surface area contributed by atoms with Crippen LogP contribution in [0.25, 0.3) is 0 Å². The first-order chi connectivity index (χ1) is 8.49. The third-order valence-corrected chi connectivity index (χ3v) is 5.38. The van der Waals surface area contributed by atoms with Crippen LogP contribution in [0.4, 0.5) is 4.39 Å². The highest BCUT2D eigenvalue weighted by Crippen LogP contribution is 2.37. The van der Waals surface area contributed by atoms with Crippen LogP contribution in [0.15, 0.2) is 28.7 Å². The Morgan fingerprint density at radius 1 is 1.39 bits per heavy atom. The van der Waals surface area contributed by atoms with Gasteiger partial charge < -0.3 is 5.11 Å². The number of thiophene rings is 1. The van der Waals surface area contributed by atoms with Crippen molar-refractivity contribution in [3.63, 3.8) is 0 Å². The Kier molecular flexibility index (Phi) is 4.67. The Labute approximate surface area is 126 Å². The number of benzene rings is 1. The van der Waals surface area contributed by atoms with E-state index in [0.29, 0.717) is 19.8 Å². The standard InChI is InChI=1S/C12H8BrCl2FOS/c13-7-5-11(18-12(7)15)10(17)4-6-8(14)2-1-3-9(6)16/h1-3,5,10,17H,4H2. The second kappa shape index (κ2) is 5.88. The van der Waals surface area contributed by atoms with Crippen LogP contribution in [0.3, 0.4) is 0 Å². The van der Waals surface area contributed by atoms with E-state index in [4.69, 9.17) is 23.2 Å². The van der Waals surface area contributed by atoms with Gasteiger partial charge >= 0.3 is 0 Å². The van der Waals surface area contributed by atoms with Gasteiger partial charge in [0.15, 0.2) is 0 Å². The maximum Gasteiger partial charge on any atom is 0.127 e. The smallest absolute Gasteiger partial charge is 0.127 e. The van der Waals surface area contributed by atoms with Crippen LogP contribution in [0.2, 0.25) is 9.36 Å². The van der Waals surface area contributed by atoms with Crippen LogP contribution in [-0.4, -0.2) is 5.11 Å². The van der Waals surface area contributed by atoms with Crippen LogP contribution in [0.1, 0.15) is 16.5 Å². The Morgan fingerprint density at radius 2 is 2.11 bits per heavy atom. The first-order valence-electron chi connectivity index (χ1n) is 5.04. The minimum Gasteiger partial charge on any atom is -0.387 e. The van der Waals surface area contributed by atoms with Gasteiger partial charge in [-0.05, 0) is 34.1 Å². The number of aliphatic hydroxyl groups is 1. The van der Waals surface area contributed by atoms with E-state index in [1.165, 1.54) is 23.5 Å². The third kappa shape index (κ3) is 3.06.